The lowest BCUT2D eigenvalue weighted by atomic mass is 9.65. The molecule has 2 aliphatic carbocycles. The molecule has 6 rings (SSSR count). The van der Waals surface area contributed by atoms with Crippen LogP contribution in [0.3, 0.4) is 0 Å². The number of benzene rings is 1. The Morgan fingerprint density at radius 2 is 1.52 bits per heavy atom. The van der Waals surface area contributed by atoms with E-state index in [0.29, 0.717) is 6.04 Å². The number of aromatic nitrogens is 2. The number of hydrogen-bond donors (Lipinski definition) is 0. The van der Waals surface area contributed by atoms with Crippen LogP contribution in [0, 0.1) is 17.8 Å². The van der Waals surface area contributed by atoms with Gasteiger partial charge in [-0.05, 0) is 104 Å². The van der Waals surface area contributed by atoms with E-state index in [9.17, 15) is 0 Å². The summed E-state index contributed by atoms with van der Waals surface area (Å²) in [7, 11) is 0. The minimum absolute atomic E-state index is 0.589. The highest BCUT2D eigenvalue weighted by molar-refractivity contribution is 9.10. The second-order valence-electron chi connectivity index (χ2n) is 10.7. The van der Waals surface area contributed by atoms with Crippen LogP contribution < -0.4 is 0 Å². The van der Waals surface area contributed by atoms with Gasteiger partial charge >= 0.3 is 0 Å². The van der Waals surface area contributed by atoms with Crippen molar-refractivity contribution in [2.45, 2.75) is 95.3 Å². The van der Waals surface area contributed by atoms with Gasteiger partial charge in [-0.2, -0.15) is 0 Å². The van der Waals surface area contributed by atoms with Crippen molar-refractivity contribution < 1.29 is 0 Å². The van der Waals surface area contributed by atoms with Gasteiger partial charge in [0.1, 0.15) is 0 Å². The molecule has 2 aromatic rings. The first kappa shape index (κ1) is 18.9. The third-order valence-corrected chi connectivity index (χ3v) is 9.25. The molecule has 0 radical (unpaired) electrons. The predicted octanol–water partition coefficient (Wildman–Crippen LogP) is 6.57. The second-order valence-corrected chi connectivity index (χ2v) is 11.4. The lowest BCUT2D eigenvalue weighted by Gasteiger charge is -2.55. The number of rotatable bonds is 2. The summed E-state index contributed by atoms with van der Waals surface area (Å²) in [6.45, 7) is 2.49. The Morgan fingerprint density at radius 3 is 2.24 bits per heavy atom. The van der Waals surface area contributed by atoms with Gasteiger partial charge in [-0.1, -0.05) is 25.5 Å². The molecule has 4 aliphatic rings. The summed E-state index contributed by atoms with van der Waals surface area (Å²) in [5, 5.41) is 0. The van der Waals surface area contributed by atoms with Gasteiger partial charge in [0.15, 0.2) is 4.73 Å². The van der Waals surface area contributed by atoms with Gasteiger partial charge in [0, 0.05) is 24.2 Å². The van der Waals surface area contributed by atoms with Crippen LogP contribution in [-0.2, 0) is 0 Å². The molecule has 4 heteroatoms. The first-order valence-corrected chi connectivity index (χ1v) is 12.8. The molecule has 0 N–H and O–H groups in total. The van der Waals surface area contributed by atoms with Crippen molar-refractivity contribution in [3.63, 3.8) is 0 Å². The second kappa shape index (κ2) is 7.37. The summed E-state index contributed by atoms with van der Waals surface area (Å²) in [4.78, 5) is 7.86. The average molecular weight is 456 g/mol. The van der Waals surface area contributed by atoms with Crippen molar-refractivity contribution in [1.29, 1.82) is 0 Å². The fourth-order valence-corrected chi connectivity index (χ4v) is 8.62. The number of para-hydroxylation sites is 2. The molecule has 0 spiro atoms. The molecule has 4 fully saturated rings. The molecule has 2 saturated heterocycles. The molecule has 3 nitrogen and oxygen atoms in total. The summed E-state index contributed by atoms with van der Waals surface area (Å²) in [6.07, 6.45) is 14.3. The Hall–Kier alpha value is -0.870. The third-order valence-electron chi connectivity index (χ3n) is 8.69. The topological polar surface area (TPSA) is 21.1 Å². The molecule has 1 aromatic carbocycles. The van der Waals surface area contributed by atoms with Crippen LogP contribution in [0.25, 0.3) is 11.0 Å². The maximum Gasteiger partial charge on any atom is 0.178 e. The van der Waals surface area contributed by atoms with Crippen LogP contribution in [0.2, 0.25) is 0 Å². The van der Waals surface area contributed by atoms with Crippen molar-refractivity contribution in [3.8, 4) is 0 Å². The normalized spacial score (nSPS) is 40.3. The molecule has 1 aromatic heterocycles. The zero-order valence-corrected chi connectivity index (χ0v) is 19.2. The van der Waals surface area contributed by atoms with E-state index in [0.717, 1.165) is 46.1 Å². The first-order valence-electron chi connectivity index (χ1n) is 12.1. The van der Waals surface area contributed by atoms with Gasteiger partial charge in [-0.3, -0.25) is 4.90 Å². The van der Waals surface area contributed by atoms with Gasteiger partial charge in [0.25, 0.3) is 0 Å². The maximum absolute atomic E-state index is 4.80. The molecular formula is C25H34BrN3. The molecule has 29 heavy (non-hydrogen) atoms. The van der Waals surface area contributed by atoms with Crippen LogP contribution in [0.1, 0.15) is 77.2 Å². The number of imidazole rings is 1. The third kappa shape index (κ3) is 3.29. The summed E-state index contributed by atoms with van der Waals surface area (Å²) in [5.74, 6) is 2.98. The van der Waals surface area contributed by atoms with Crippen LogP contribution >= 0.6 is 15.9 Å². The maximum atomic E-state index is 4.80. The van der Waals surface area contributed by atoms with Crippen molar-refractivity contribution in [2.75, 3.05) is 0 Å². The van der Waals surface area contributed by atoms with Gasteiger partial charge in [-0.15, -0.1) is 0 Å². The molecule has 156 valence electrons. The highest BCUT2D eigenvalue weighted by Crippen LogP contribution is 2.49. The Morgan fingerprint density at radius 1 is 0.828 bits per heavy atom. The van der Waals surface area contributed by atoms with E-state index in [2.05, 4.69) is 56.6 Å². The SMILES string of the molecule is CC1C[C@@H]2CC(N3[C@@H]4CCC[C@H]3CC(n3c(Br)nc5ccccc53)C4)C[C@H](C1)C2. The smallest absolute Gasteiger partial charge is 0.178 e. The Labute approximate surface area is 183 Å². The van der Waals surface area contributed by atoms with Gasteiger partial charge < -0.3 is 4.57 Å². The minimum Gasteiger partial charge on any atom is -0.315 e. The number of hydrogen-bond acceptors (Lipinski definition) is 2. The van der Waals surface area contributed by atoms with Crippen LogP contribution in [-0.4, -0.2) is 32.6 Å². The van der Waals surface area contributed by atoms with Crippen LogP contribution in [0.15, 0.2) is 29.0 Å². The van der Waals surface area contributed by atoms with Crippen molar-refractivity contribution in [2.24, 2.45) is 17.8 Å². The first-order chi connectivity index (χ1) is 14.2. The van der Waals surface area contributed by atoms with E-state index >= 15 is 0 Å². The van der Waals surface area contributed by atoms with E-state index in [4.69, 9.17) is 4.98 Å². The minimum atomic E-state index is 0.589. The summed E-state index contributed by atoms with van der Waals surface area (Å²) in [6, 6.07) is 11.7. The molecule has 0 amide bonds. The van der Waals surface area contributed by atoms with Gasteiger partial charge in [0.2, 0.25) is 0 Å². The van der Waals surface area contributed by atoms with E-state index in [-0.39, 0.29) is 0 Å². The zero-order chi connectivity index (χ0) is 19.5. The van der Waals surface area contributed by atoms with E-state index < -0.39 is 0 Å². The Bertz CT molecular complexity index is 859. The van der Waals surface area contributed by atoms with E-state index in [1.165, 1.54) is 69.7 Å². The van der Waals surface area contributed by atoms with Gasteiger partial charge in [0.05, 0.1) is 11.0 Å². The van der Waals surface area contributed by atoms with E-state index in [1.807, 2.05) is 0 Å². The fourth-order valence-electron chi connectivity index (χ4n) is 7.95. The standard InChI is InChI=1S/C25H34BrN3/c1-16-9-17-11-18(10-16)13-21(12-17)28-19-5-4-6-20(28)15-22(14-19)29-24-8-3-2-7-23(24)27-25(29)26/h2-3,7-8,16-22H,4-6,9-15H2,1H3/t16?,17-,18+,19-,20+,21?,22?. The summed E-state index contributed by atoms with van der Waals surface area (Å²) >= 11 is 3.79. The molecule has 3 unspecified atom stereocenters. The quantitative estimate of drug-likeness (QED) is 0.510. The molecule has 4 bridgehead atoms. The molecule has 7 atom stereocenters. The van der Waals surface area contributed by atoms with E-state index in [1.54, 1.807) is 0 Å². The Kier molecular flexibility index (Phi) is 4.79. The highest BCUT2D eigenvalue weighted by atomic mass is 79.9. The molecule has 2 aliphatic heterocycles. The van der Waals surface area contributed by atoms with Crippen LogP contribution in [0.5, 0.6) is 0 Å². The molecule has 3 heterocycles. The Balaban J connectivity index is 1.26. The largest absolute Gasteiger partial charge is 0.315 e. The monoisotopic (exact) mass is 455 g/mol. The highest BCUT2D eigenvalue weighted by Gasteiger charge is 2.46. The fraction of sp³-hybridized carbons (Fsp3) is 0.720. The number of fused-ring (bicyclic) bond motifs is 5. The number of nitrogens with zero attached hydrogens (tertiary/aromatic N) is 3. The lowest BCUT2D eigenvalue weighted by Crippen LogP contribution is -2.58. The van der Waals surface area contributed by atoms with Crippen molar-refractivity contribution >= 4 is 27.0 Å². The van der Waals surface area contributed by atoms with Crippen LogP contribution in [0.4, 0.5) is 0 Å². The number of piperidine rings is 2. The molecular weight excluding hydrogens is 422 g/mol. The average Bonchev–Trinajstić information content (AvgIpc) is 3.01. The van der Waals surface area contributed by atoms with Crippen molar-refractivity contribution in [3.05, 3.63) is 29.0 Å². The van der Waals surface area contributed by atoms with Crippen molar-refractivity contribution in [1.82, 2.24) is 14.5 Å². The molecule has 2 saturated carbocycles. The number of halogens is 1. The predicted molar refractivity (Wildman–Crippen MR) is 122 cm³/mol. The summed E-state index contributed by atoms with van der Waals surface area (Å²) < 4.78 is 3.53. The zero-order valence-electron chi connectivity index (χ0n) is 17.6. The lowest BCUT2D eigenvalue weighted by molar-refractivity contribution is -0.0523. The van der Waals surface area contributed by atoms with Gasteiger partial charge in [-0.25, -0.2) is 4.98 Å². The summed E-state index contributed by atoms with van der Waals surface area (Å²) in [5.41, 5.74) is 2.43.